The van der Waals surface area contributed by atoms with Gasteiger partial charge in [-0.3, -0.25) is 4.79 Å². The molecule has 6 nitrogen and oxygen atoms in total. The zero-order chi connectivity index (χ0) is 15.9. The average molecular weight is 309 g/mol. The van der Waals surface area contributed by atoms with Crippen molar-refractivity contribution in [3.05, 3.63) is 29.8 Å². The molecule has 0 aliphatic carbocycles. The largest absolute Gasteiger partial charge is 0.310 e. The molecule has 7 heteroatoms. The number of carbonyl (C=O) groups is 1. The summed E-state index contributed by atoms with van der Waals surface area (Å²) in [5, 5.41) is 9.07. The van der Waals surface area contributed by atoms with Gasteiger partial charge in [-0.2, -0.15) is 5.26 Å². The Morgan fingerprint density at radius 3 is 2.62 bits per heavy atom. The monoisotopic (exact) mass is 309 g/mol. The van der Waals surface area contributed by atoms with E-state index < -0.39 is 10.0 Å². The maximum Gasteiger partial charge on any atom is 0.223 e. The summed E-state index contributed by atoms with van der Waals surface area (Å²) in [7, 11) is -3.30. The minimum absolute atomic E-state index is 0.0574. The predicted molar refractivity (Wildman–Crippen MR) is 81.3 cm³/mol. The van der Waals surface area contributed by atoms with Gasteiger partial charge in [0.15, 0.2) is 0 Å². The van der Waals surface area contributed by atoms with Crippen molar-refractivity contribution in [1.82, 2.24) is 4.72 Å². The molecule has 0 fully saturated rings. The first-order chi connectivity index (χ1) is 9.91. The van der Waals surface area contributed by atoms with E-state index in [1.165, 1.54) is 11.8 Å². The summed E-state index contributed by atoms with van der Waals surface area (Å²) in [5.74, 6) is -0.186. The molecule has 1 amide bonds. The number of hydrogen-bond donors (Lipinski definition) is 1. The number of sulfonamides is 1. The highest BCUT2D eigenvalue weighted by molar-refractivity contribution is 7.89. The number of benzene rings is 1. The summed E-state index contributed by atoms with van der Waals surface area (Å²) in [6.45, 7) is 3.46. The lowest BCUT2D eigenvalue weighted by Crippen LogP contribution is -2.38. The molecular formula is C14H19N3O3S. The molecule has 114 valence electrons. The number of hydrogen-bond acceptors (Lipinski definition) is 4. The highest BCUT2D eigenvalue weighted by Gasteiger charge is 2.16. The van der Waals surface area contributed by atoms with Crippen LogP contribution in [0.2, 0.25) is 0 Å². The number of nitrogens with one attached hydrogen (secondary N) is 1. The first kappa shape index (κ1) is 17.1. The summed E-state index contributed by atoms with van der Waals surface area (Å²) in [6, 6.07) is 8.75. The third kappa shape index (κ3) is 5.17. The third-order valence-electron chi connectivity index (χ3n) is 2.83. The van der Waals surface area contributed by atoms with Crippen LogP contribution in [0.1, 0.15) is 25.8 Å². The minimum atomic E-state index is -3.30. The topological polar surface area (TPSA) is 90.3 Å². The molecule has 0 saturated carbocycles. The Kier molecular flexibility index (Phi) is 6.34. The number of amides is 1. The number of rotatable bonds is 7. The number of nitrogens with zero attached hydrogens (tertiary/aromatic N) is 2. The number of carbonyl (C=O) groups excluding carboxylic acids is 1. The van der Waals surface area contributed by atoms with E-state index in [0.717, 1.165) is 0 Å². The molecule has 1 N–H and O–H groups in total. The minimum Gasteiger partial charge on any atom is -0.310 e. The quantitative estimate of drug-likeness (QED) is 0.820. The Hall–Kier alpha value is -1.91. The Morgan fingerprint density at radius 1 is 1.38 bits per heavy atom. The van der Waals surface area contributed by atoms with Gasteiger partial charge >= 0.3 is 0 Å². The summed E-state index contributed by atoms with van der Waals surface area (Å²) in [5.41, 5.74) is 0.867. The van der Waals surface area contributed by atoms with Gasteiger partial charge in [-0.05, 0) is 18.6 Å². The van der Waals surface area contributed by atoms with E-state index >= 15 is 0 Å². The second-order valence-electron chi connectivity index (χ2n) is 4.51. The zero-order valence-electron chi connectivity index (χ0n) is 12.2. The molecule has 0 aliphatic rings. The van der Waals surface area contributed by atoms with Crippen molar-refractivity contribution in [2.24, 2.45) is 0 Å². The van der Waals surface area contributed by atoms with Gasteiger partial charge in [0.05, 0.1) is 17.0 Å². The van der Waals surface area contributed by atoms with Crippen molar-refractivity contribution < 1.29 is 13.2 Å². The maximum atomic E-state index is 11.7. The standard InChI is InChI=1S/C14H19N3O3S/c1-3-10-21(19,20)16-8-9-17(12(2)18)14-7-5-4-6-13(14)11-15/h4-7,16H,3,8-10H2,1-2H3. The SMILES string of the molecule is CCCS(=O)(=O)NCCN(C(C)=O)c1ccccc1C#N. The van der Waals surface area contributed by atoms with Crippen molar-refractivity contribution in [1.29, 1.82) is 5.26 Å². The second kappa shape index (κ2) is 7.76. The lowest BCUT2D eigenvalue weighted by atomic mass is 10.1. The molecule has 0 unspecified atom stereocenters. The van der Waals surface area contributed by atoms with Gasteiger partial charge < -0.3 is 4.90 Å². The van der Waals surface area contributed by atoms with E-state index in [2.05, 4.69) is 4.72 Å². The van der Waals surface area contributed by atoms with Crippen LogP contribution in [0, 0.1) is 11.3 Å². The Bertz CT molecular complexity index is 635. The van der Waals surface area contributed by atoms with E-state index in [4.69, 9.17) is 5.26 Å². The van der Waals surface area contributed by atoms with Crippen molar-refractivity contribution >= 4 is 21.6 Å². The van der Waals surface area contributed by atoms with Gasteiger partial charge in [-0.25, -0.2) is 13.1 Å². The fraction of sp³-hybridized carbons (Fsp3) is 0.429. The molecule has 1 rings (SSSR count). The summed E-state index contributed by atoms with van der Waals surface area (Å²) in [4.78, 5) is 13.1. The van der Waals surface area contributed by atoms with E-state index in [1.54, 1.807) is 31.2 Å². The van der Waals surface area contributed by atoms with Gasteiger partial charge in [0.2, 0.25) is 15.9 Å². The van der Waals surface area contributed by atoms with E-state index in [-0.39, 0.29) is 24.7 Å². The molecule has 0 aromatic heterocycles. The van der Waals surface area contributed by atoms with Crippen LogP contribution in [-0.4, -0.2) is 33.2 Å². The second-order valence-corrected chi connectivity index (χ2v) is 6.44. The van der Waals surface area contributed by atoms with Crippen molar-refractivity contribution in [2.45, 2.75) is 20.3 Å². The van der Waals surface area contributed by atoms with Gasteiger partial charge in [-0.15, -0.1) is 0 Å². The first-order valence-corrected chi connectivity index (χ1v) is 8.31. The molecule has 0 radical (unpaired) electrons. The molecular weight excluding hydrogens is 290 g/mol. The highest BCUT2D eigenvalue weighted by Crippen LogP contribution is 2.19. The predicted octanol–water partition coefficient (Wildman–Crippen LogP) is 1.24. The Morgan fingerprint density at radius 2 is 2.05 bits per heavy atom. The normalized spacial score (nSPS) is 10.9. The summed E-state index contributed by atoms with van der Waals surface area (Å²) >= 11 is 0. The molecule has 0 spiro atoms. The number of nitriles is 1. The molecule has 1 aromatic carbocycles. The molecule has 0 heterocycles. The van der Waals surface area contributed by atoms with Crippen LogP contribution in [0.5, 0.6) is 0 Å². The van der Waals surface area contributed by atoms with E-state index in [1.807, 2.05) is 6.07 Å². The van der Waals surface area contributed by atoms with Crippen LogP contribution in [0.25, 0.3) is 0 Å². The summed E-state index contributed by atoms with van der Waals surface area (Å²) < 4.78 is 25.6. The third-order valence-corrected chi connectivity index (χ3v) is 4.42. The fourth-order valence-corrected chi connectivity index (χ4v) is 2.99. The van der Waals surface area contributed by atoms with Crippen LogP contribution in [0.4, 0.5) is 5.69 Å². The van der Waals surface area contributed by atoms with Gasteiger partial charge in [0.1, 0.15) is 6.07 Å². The molecule has 1 aromatic rings. The van der Waals surface area contributed by atoms with E-state index in [9.17, 15) is 13.2 Å². The molecule has 0 bridgehead atoms. The average Bonchev–Trinajstić information content (AvgIpc) is 2.43. The molecule has 0 atom stereocenters. The summed E-state index contributed by atoms with van der Waals surface area (Å²) in [6.07, 6.45) is 0.531. The van der Waals surface area contributed by atoms with Crippen molar-refractivity contribution in [2.75, 3.05) is 23.7 Å². The van der Waals surface area contributed by atoms with Gasteiger partial charge in [0.25, 0.3) is 0 Å². The van der Waals surface area contributed by atoms with Crippen LogP contribution in [0.3, 0.4) is 0 Å². The van der Waals surface area contributed by atoms with Gasteiger partial charge in [-0.1, -0.05) is 19.1 Å². The molecule has 0 saturated heterocycles. The zero-order valence-corrected chi connectivity index (χ0v) is 13.0. The van der Waals surface area contributed by atoms with Crippen LogP contribution >= 0.6 is 0 Å². The van der Waals surface area contributed by atoms with Crippen LogP contribution in [0.15, 0.2) is 24.3 Å². The number of anilines is 1. The number of para-hydroxylation sites is 1. The van der Waals surface area contributed by atoms with Crippen molar-refractivity contribution in [3.63, 3.8) is 0 Å². The maximum absolute atomic E-state index is 11.7. The fourth-order valence-electron chi connectivity index (χ4n) is 1.90. The molecule has 0 aliphatic heterocycles. The smallest absolute Gasteiger partial charge is 0.223 e. The van der Waals surface area contributed by atoms with Crippen LogP contribution in [-0.2, 0) is 14.8 Å². The Labute approximate surface area is 125 Å². The Balaban J connectivity index is 2.81. The highest BCUT2D eigenvalue weighted by atomic mass is 32.2. The first-order valence-electron chi connectivity index (χ1n) is 6.66. The van der Waals surface area contributed by atoms with Crippen molar-refractivity contribution in [3.8, 4) is 6.07 Å². The lowest BCUT2D eigenvalue weighted by molar-refractivity contribution is -0.116. The van der Waals surface area contributed by atoms with Gasteiger partial charge in [0, 0.05) is 20.0 Å². The lowest BCUT2D eigenvalue weighted by Gasteiger charge is -2.22. The molecule has 21 heavy (non-hydrogen) atoms. The van der Waals surface area contributed by atoms with Crippen LogP contribution < -0.4 is 9.62 Å². The van der Waals surface area contributed by atoms with E-state index in [0.29, 0.717) is 17.7 Å².